The zero-order chi connectivity index (χ0) is 25.5. The largest absolute Gasteiger partial charge is 0.490 e. The van der Waals surface area contributed by atoms with Gasteiger partial charge in [-0.2, -0.15) is 13.2 Å². The van der Waals surface area contributed by atoms with Gasteiger partial charge < -0.3 is 15.2 Å². The summed E-state index contributed by atoms with van der Waals surface area (Å²) in [6.07, 6.45) is 0.408. The number of benzene rings is 2. The van der Waals surface area contributed by atoms with E-state index in [4.69, 9.17) is 4.74 Å². The molecule has 4 rings (SSSR count). The number of carboxylic acids is 1. The Morgan fingerprint density at radius 3 is 2.40 bits per heavy atom. The van der Waals surface area contributed by atoms with Crippen LogP contribution in [0.2, 0.25) is 0 Å². The zero-order valence-electron chi connectivity index (χ0n) is 20.9. The number of hydrogen-bond donors (Lipinski definition) is 2. The molecule has 2 N–H and O–H groups in total. The number of rotatable bonds is 7. The van der Waals surface area contributed by atoms with Gasteiger partial charge in [0, 0.05) is 12.1 Å². The highest BCUT2D eigenvalue weighted by atomic mass is 19.4. The number of aliphatic carboxylic acids is 1. The molecule has 1 unspecified atom stereocenters. The van der Waals surface area contributed by atoms with Gasteiger partial charge in [0.05, 0.1) is 12.0 Å². The van der Waals surface area contributed by atoms with Gasteiger partial charge in [-0.3, -0.25) is 4.79 Å². The molecule has 2 aromatic carbocycles. The average molecular weight is 492 g/mol. The molecule has 7 heteroatoms. The van der Waals surface area contributed by atoms with Crippen LogP contribution in [0.15, 0.2) is 30.3 Å². The van der Waals surface area contributed by atoms with E-state index in [-0.39, 0.29) is 29.3 Å². The van der Waals surface area contributed by atoms with Gasteiger partial charge in [0.25, 0.3) is 0 Å². The summed E-state index contributed by atoms with van der Waals surface area (Å²) in [6.45, 7) is 7.89. The molecule has 2 saturated carbocycles. The third-order valence-electron chi connectivity index (χ3n) is 8.47. The molecule has 4 nitrogen and oxygen atoms in total. The van der Waals surface area contributed by atoms with Crippen LogP contribution in [0.4, 0.5) is 13.2 Å². The molecule has 0 heterocycles. The summed E-state index contributed by atoms with van der Waals surface area (Å²) in [6, 6.07) is 8.08. The highest BCUT2D eigenvalue weighted by Gasteiger charge is 2.52. The molecule has 192 valence electrons. The molecule has 2 fully saturated rings. The third-order valence-corrected chi connectivity index (χ3v) is 8.47. The van der Waals surface area contributed by atoms with Crippen LogP contribution in [0.5, 0.6) is 5.75 Å². The summed E-state index contributed by atoms with van der Waals surface area (Å²) in [5, 5.41) is 13.5. The van der Waals surface area contributed by atoms with Gasteiger partial charge in [-0.15, -0.1) is 0 Å². The third kappa shape index (κ3) is 5.16. The van der Waals surface area contributed by atoms with E-state index in [1.165, 1.54) is 6.07 Å². The van der Waals surface area contributed by atoms with E-state index < -0.39 is 29.0 Å². The number of fused-ring (bicyclic) bond motifs is 1. The molecular weight excluding hydrogens is 455 g/mol. The van der Waals surface area contributed by atoms with E-state index in [2.05, 4.69) is 12.2 Å². The van der Waals surface area contributed by atoms with E-state index in [1.54, 1.807) is 18.2 Å². The highest BCUT2D eigenvalue weighted by molar-refractivity contribution is 5.89. The van der Waals surface area contributed by atoms with Crippen molar-refractivity contribution in [3.8, 4) is 5.75 Å². The fourth-order valence-electron chi connectivity index (χ4n) is 5.84. The summed E-state index contributed by atoms with van der Waals surface area (Å²) < 4.78 is 49.0. The van der Waals surface area contributed by atoms with Crippen LogP contribution >= 0.6 is 0 Å². The summed E-state index contributed by atoms with van der Waals surface area (Å²) in [5.74, 6) is -0.687. The first-order valence-corrected chi connectivity index (χ1v) is 12.7. The highest BCUT2D eigenvalue weighted by Crippen LogP contribution is 2.47. The Morgan fingerprint density at radius 1 is 1.17 bits per heavy atom. The normalized spacial score (nSPS) is 27.3. The van der Waals surface area contributed by atoms with Crippen LogP contribution in [0.25, 0.3) is 10.8 Å². The first-order valence-electron chi connectivity index (χ1n) is 12.7. The number of nitrogens with one attached hydrogen (secondary N) is 1. The van der Waals surface area contributed by atoms with E-state index in [1.807, 2.05) is 26.8 Å². The summed E-state index contributed by atoms with van der Waals surface area (Å²) in [4.78, 5) is 11.4. The molecule has 0 aliphatic heterocycles. The van der Waals surface area contributed by atoms with Gasteiger partial charge in [0.2, 0.25) is 0 Å². The number of alkyl halides is 3. The second-order valence-electron chi connectivity index (χ2n) is 11.0. The zero-order valence-corrected chi connectivity index (χ0v) is 20.9. The van der Waals surface area contributed by atoms with Crippen LogP contribution in [-0.4, -0.2) is 23.2 Å². The van der Waals surface area contributed by atoms with Gasteiger partial charge in [-0.1, -0.05) is 45.4 Å². The number of ether oxygens (including phenoxy) is 1. The second kappa shape index (κ2) is 9.64. The lowest BCUT2D eigenvalue weighted by atomic mass is 9.58. The Hall–Kier alpha value is -2.28. The van der Waals surface area contributed by atoms with Crippen molar-refractivity contribution in [2.75, 3.05) is 0 Å². The maximum absolute atomic E-state index is 14.3. The Morgan fingerprint density at radius 2 is 1.83 bits per heavy atom. The van der Waals surface area contributed by atoms with Crippen molar-refractivity contribution >= 4 is 16.7 Å². The number of carbonyl (C=O) groups is 1. The van der Waals surface area contributed by atoms with Crippen molar-refractivity contribution in [3.05, 3.63) is 41.5 Å². The lowest BCUT2D eigenvalue weighted by Gasteiger charge is -2.51. The first-order chi connectivity index (χ1) is 16.4. The minimum atomic E-state index is -4.55. The quantitative estimate of drug-likeness (QED) is 0.425. The van der Waals surface area contributed by atoms with Crippen molar-refractivity contribution in [1.82, 2.24) is 5.32 Å². The first kappa shape index (κ1) is 25.8. The van der Waals surface area contributed by atoms with E-state index >= 15 is 0 Å². The molecule has 0 aromatic heterocycles. The average Bonchev–Trinajstić information content (AvgIpc) is 2.80. The van der Waals surface area contributed by atoms with E-state index in [0.29, 0.717) is 17.7 Å². The molecule has 2 aliphatic rings. The van der Waals surface area contributed by atoms with Crippen LogP contribution in [0.3, 0.4) is 0 Å². The van der Waals surface area contributed by atoms with Gasteiger partial charge in [0.1, 0.15) is 11.3 Å². The molecule has 0 amide bonds. The predicted molar refractivity (Wildman–Crippen MR) is 130 cm³/mol. The van der Waals surface area contributed by atoms with Crippen LogP contribution in [0.1, 0.15) is 83.4 Å². The van der Waals surface area contributed by atoms with Crippen LogP contribution in [0, 0.1) is 17.3 Å². The smallest absolute Gasteiger partial charge is 0.420 e. The Balaban J connectivity index is 1.60. The van der Waals surface area contributed by atoms with E-state index in [0.717, 1.165) is 37.7 Å². The van der Waals surface area contributed by atoms with Crippen molar-refractivity contribution in [3.63, 3.8) is 0 Å². The molecule has 0 radical (unpaired) electrons. The lowest BCUT2D eigenvalue weighted by Crippen LogP contribution is -2.59. The van der Waals surface area contributed by atoms with Crippen molar-refractivity contribution in [2.45, 2.75) is 90.6 Å². The molecule has 2 aromatic rings. The Bertz CT molecular complexity index is 1070. The summed E-state index contributed by atoms with van der Waals surface area (Å²) in [7, 11) is 0. The molecule has 0 saturated heterocycles. The fourth-order valence-corrected chi connectivity index (χ4v) is 5.84. The van der Waals surface area contributed by atoms with Crippen molar-refractivity contribution < 1.29 is 27.8 Å². The summed E-state index contributed by atoms with van der Waals surface area (Å²) in [5.41, 5.74) is -0.402. The summed E-state index contributed by atoms with van der Waals surface area (Å²) >= 11 is 0. The molecule has 2 aliphatic carbocycles. The van der Waals surface area contributed by atoms with Gasteiger partial charge in [-0.25, -0.2) is 0 Å². The Labute approximate surface area is 205 Å². The van der Waals surface area contributed by atoms with Crippen LogP contribution in [-0.2, 0) is 11.0 Å². The standard InChI is InChI=1S/C28H36F3NO3/c1-5-17-6-11-20(12-7-17)35-23-13-10-18-8-9-19(14-21(18)25(23)28(29,30)31)16(2)32-24-15-22(26(33)34)27(24,3)4/h8-10,13-14,16-17,20,22,24,32H,5-7,11-12,15H2,1-4H3,(H,33,34)/t16?,17?,20?,22-,24+/m1/s1. The monoisotopic (exact) mass is 491 g/mol. The number of hydrogen-bond acceptors (Lipinski definition) is 3. The topological polar surface area (TPSA) is 58.6 Å². The van der Waals surface area contributed by atoms with Gasteiger partial charge in [-0.05, 0) is 78.8 Å². The predicted octanol–water partition coefficient (Wildman–Crippen LogP) is 7.36. The maximum Gasteiger partial charge on any atom is 0.420 e. The molecule has 35 heavy (non-hydrogen) atoms. The SMILES string of the molecule is CCC1CCC(Oc2ccc3ccc(C(C)N[C@H]4C[C@H](C(=O)O)C4(C)C)cc3c2C(F)(F)F)CC1. The number of halogens is 3. The lowest BCUT2D eigenvalue weighted by molar-refractivity contribution is -0.155. The molecule has 0 bridgehead atoms. The Kier molecular flexibility index (Phi) is 7.11. The number of carboxylic acid groups (broad SMARTS) is 1. The minimum Gasteiger partial charge on any atom is -0.490 e. The molecule has 0 spiro atoms. The van der Waals surface area contributed by atoms with E-state index in [9.17, 15) is 23.1 Å². The maximum atomic E-state index is 14.3. The fraction of sp³-hybridized carbons (Fsp3) is 0.607. The minimum absolute atomic E-state index is 0.0238. The van der Waals surface area contributed by atoms with Crippen molar-refractivity contribution in [1.29, 1.82) is 0 Å². The van der Waals surface area contributed by atoms with Gasteiger partial charge in [0.15, 0.2) is 0 Å². The second-order valence-corrected chi connectivity index (χ2v) is 11.0. The molecular formula is C28H36F3NO3. The van der Waals surface area contributed by atoms with Crippen molar-refractivity contribution in [2.24, 2.45) is 17.3 Å². The molecule has 3 atom stereocenters. The van der Waals surface area contributed by atoms with Crippen LogP contribution < -0.4 is 10.1 Å². The van der Waals surface area contributed by atoms with Gasteiger partial charge >= 0.3 is 12.1 Å².